The van der Waals surface area contributed by atoms with Crippen LogP contribution in [0, 0.1) is 0 Å². The average Bonchev–Trinajstić information content (AvgIpc) is 3.32. The van der Waals surface area contributed by atoms with E-state index in [1.807, 2.05) is 58.8 Å². The van der Waals surface area contributed by atoms with Crippen LogP contribution in [-0.2, 0) is 0 Å². The van der Waals surface area contributed by atoms with Crippen LogP contribution in [0.15, 0.2) is 60.1 Å². The standard InChI is InChI=1S/C22H22N4O2S/c27-22(25-21-24-19(14-29-21)15-6-2-1-3-7-15)26-16-9-10-17(26)13-18(12-16)28-20-8-4-5-11-23-20/h1-8,11,14,16-18H,9-10,12-13H2,(H,24,25,27). The number of piperidine rings is 1. The zero-order chi connectivity index (χ0) is 19.6. The largest absolute Gasteiger partial charge is 0.474 e. The first-order valence-corrected chi connectivity index (χ1v) is 10.8. The molecule has 2 saturated heterocycles. The van der Waals surface area contributed by atoms with Gasteiger partial charge in [-0.2, -0.15) is 0 Å². The highest BCUT2D eigenvalue weighted by Gasteiger charge is 2.44. The maximum absolute atomic E-state index is 13.0. The van der Waals surface area contributed by atoms with Crippen molar-refractivity contribution in [3.63, 3.8) is 0 Å². The number of hydrogen-bond donors (Lipinski definition) is 1. The first kappa shape index (κ1) is 18.1. The van der Waals surface area contributed by atoms with E-state index in [0.29, 0.717) is 11.0 Å². The summed E-state index contributed by atoms with van der Waals surface area (Å²) in [7, 11) is 0. The highest BCUT2D eigenvalue weighted by molar-refractivity contribution is 7.14. The van der Waals surface area contributed by atoms with E-state index in [1.165, 1.54) is 11.3 Å². The highest BCUT2D eigenvalue weighted by atomic mass is 32.1. The molecule has 1 N–H and O–H groups in total. The Kier molecular flexibility index (Phi) is 4.89. The number of carbonyl (C=O) groups is 1. The van der Waals surface area contributed by atoms with Gasteiger partial charge in [0, 0.05) is 48.1 Å². The van der Waals surface area contributed by atoms with E-state index in [4.69, 9.17) is 4.74 Å². The van der Waals surface area contributed by atoms with Gasteiger partial charge in [-0.25, -0.2) is 14.8 Å². The number of urea groups is 1. The van der Waals surface area contributed by atoms with Crippen LogP contribution in [-0.4, -0.2) is 39.1 Å². The third-order valence-electron chi connectivity index (χ3n) is 5.64. The lowest BCUT2D eigenvalue weighted by molar-refractivity contribution is 0.0704. The van der Waals surface area contributed by atoms with Crippen LogP contribution >= 0.6 is 11.3 Å². The minimum Gasteiger partial charge on any atom is -0.474 e. The second kappa shape index (κ2) is 7.83. The number of fused-ring (bicyclic) bond motifs is 2. The first-order chi connectivity index (χ1) is 14.3. The molecule has 4 heterocycles. The van der Waals surface area contributed by atoms with E-state index in [2.05, 4.69) is 15.3 Å². The lowest BCUT2D eigenvalue weighted by Crippen LogP contribution is -2.50. The summed E-state index contributed by atoms with van der Waals surface area (Å²) < 4.78 is 6.06. The second-order valence-corrected chi connectivity index (χ2v) is 8.36. The van der Waals surface area contributed by atoms with Gasteiger partial charge in [-0.1, -0.05) is 36.4 Å². The smallest absolute Gasteiger partial charge is 0.324 e. The van der Waals surface area contributed by atoms with Crippen molar-refractivity contribution in [1.29, 1.82) is 0 Å². The zero-order valence-corrected chi connectivity index (χ0v) is 16.7. The van der Waals surface area contributed by atoms with Gasteiger partial charge in [0.25, 0.3) is 0 Å². The summed E-state index contributed by atoms with van der Waals surface area (Å²) in [6.07, 6.45) is 5.57. The molecule has 2 aliphatic heterocycles. The molecule has 2 aromatic heterocycles. The number of nitrogens with zero attached hydrogens (tertiary/aromatic N) is 3. The fraction of sp³-hybridized carbons (Fsp3) is 0.318. The molecule has 5 rings (SSSR count). The van der Waals surface area contributed by atoms with E-state index in [9.17, 15) is 4.79 Å². The Bertz CT molecular complexity index is 965. The van der Waals surface area contributed by atoms with Crippen LogP contribution in [0.4, 0.5) is 9.93 Å². The molecule has 2 atom stereocenters. The van der Waals surface area contributed by atoms with Crippen LogP contribution in [0.2, 0.25) is 0 Å². The summed E-state index contributed by atoms with van der Waals surface area (Å²) in [5.41, 5.74) is 1.94. The molecule has 0 saturated carbocycles. The number of rotatable bonds is 4. The van der Waals surface area contributed by atoms with Crippen molar-refractivity contribution < 1.29 is 9.53 Å². The van der Waals surface area contributed by atoms with Crippen LogP contribution < -0.4 is 10.1 Å². The number of pyridine rings is 1. The van der Waals surface area contributed by atoms with Crippen molar-refractivity contribution in [2.45, 2.75) is 43.9 Å². The van der Waals surface area contributed by atoms with Gasteiger partial charge >= 0.3 is 6.03 Å². The quantitative estimate of drug-likeness (QED) is 0.675. The number of nitrogens with one attached hydrogen (secondary N) is 1. The third-order valence-corrected chi connectivity index (χ3v) is 6.39. The van der Waals surface area contributed by atoms with Gasteiger partial charge in [0.2, 0.25) is 5.88 Å². The summed E-state index contributed by atoms with van der Waals surface area (Å²) in [5.74, 6) is 0.658. The molecule has 2 fully saturated rings. The molecule has 0 spiro atoms. The summed E-state index contributed by atoms with van der Waals surface area (Å²) in [4.78, 5) is 23.8. The molecule has 7 heteroatoms. The normalized spacial score (nSPS) is 23.0. The molecule has 148 valence electrons. The van der Waals surface area contributed by atoms with Crippen molar-refractivity contribution >= 4 is 22.5 Å². The van der Waals surface area contributed by atoms with Crippen molar-refractivity contribution in [2.24, 2.45) is 0 Å². The number of anilines is 1. The van der Waals surface area contributed by atoms with E-state index in [0.717, 1.165) is 36.9 Å². The Labute approximate surface area is 173 Å². The average molecular weight is 407 g/mol. The Morgan fingerprint density at radius 2 is 1.83 bits per heavy atom. The van der Waals surface area contributed by atoms with Gasteiger partial charge in [-0.05, 0) is 18.9 Å². The molecule has 2 bridgehead atoms. The molecule has 29 heavy (non-hydrogen) atoms. The molecular weight excluding hydrogens is 384 g/mol. The van der Waals surface area contributed by atoms with Gasteiger partial charge < -0.3 is 9.64 Å². The number of thiazole rings is 1. The first-order valence-electron chi connectivity index (χ1n) is 9.94. The zero-order valence-electron chi connectivity index (χ0n) is 15.9. The van der Waals surface area contributed by atoms with Crippen LogP contribution in [0.1, 0.15) is 25.7 Å². The molecule has 2 unspecified atom stereocenters. The van der Waals surface area contributed by atoms with Gasteiger partial charge in [0.15, 0.2) is 5.13 Å². The second-order valence-electron chi connectivity index (χ2n) is 7.51. The summed E-state index contributed by atoms with van der Waals surface area (Å²) >= 11 is 1.46. The van der Waals surface area contributed by atoms with Gasteiger partial charge in [0.05, 0.1) is 5.69 Å². The minimum absolute atomic E-state index is 0.0530. The summed E-state index contributed by atoms with van der Waals surface area (Å²) in [5, 5.41) is 5.63. The number of benzene rings is 1. The van der Waals surface area contributed by atoms with Crippen molar-refractivity contribution in [3.8, 4) is 17.1 Å². The molecule has 1 aromatic carbocycles. The maximum Gasteiger partial charge on any atom is 0.324 e. The fourth-order valence-corrected chi connectivity index (χ4v) is 5.08. The Morgan fingerprint density at radius 3 is 2.55 bits per heavy atom. The Hall–Kier alpha value is -2.93. The predicted octanol–water partition coefficient (Wildman–Crippen LogP) is 4.81. The molecule has 6 nitrogen and oxygen atoms in total. The molecule has 2 amide bonds. The van der Waals surface area contributed by atoms with Crippen molar-refractivity contribution in [3.05, 3.63) is 60.1 Å². The van der Waals surface area contributed by atoms with E-state index in [1.54, 1.807) is 6.20 Å². The monoisotopic (exact) mass is 406 g/mol. The molecule has 0 radical (unpaired) electrons. The number of hydrogen-bond acceptors (Lipinski definition) is 5. The van der Waals surface area contributed by atoms with E-state index < -0.39 is 0 Å². The number of ether oxygens (including phenoxy) is 1. The lowest BCUT2D eigenvalue weighted by atomic mass is 10.00. The Morgan fingerprint density at radius 1 is 1.07 bits per heavy atom. The summed E-state index contributed by atoms with van der Waals surface area (Å²) in [6.45, 7) is 0. The SMILES string of the molecule is O=C(Nc1nc(-c2ccccc2)cs1)N1C2CCC1CC(Oc1ccccn1)C2. The van der Waals surface area contributed by atoms with E-state index >= 15 is 0 Å². The molecule has 0 aliphatic carbocycles. The van der Waals surface area contributed by atoms with Crippen LogP contribution in [0.3, 0.4) is 0 Å². The third kappa shape index (κ3) is 3.82. The van der Waals surface area contributed by atoms with Crippen molar-refractivity contribution in [1.82, 2.24) is 14.9 Å². The van der Waals surface area contributed by atoms with Crippen molar-refractivity contribution in [2.75, 3.05) is 5.32 Å². The number of amides is 2. The topological polar surface area (TPSA) is 67.4 Å². The molecular formula is C22H22N4O2S. The van der Waals surface area contributed by atoms with E-state index in [-0.39, 0.29) is 24.2 Å². The number of carbonyl (C=O) groups excluding carboxylic acids is 1. The predicted molar refractivity (Wildman–Crippen MR) is 113 cm³/mol. The summed E-state index contributed by atoms with van der Waals surface area (Å²) in [6, 6.07) is 16.0. The van der Waals surface area contributed by atoms with Gasteiger partial charge in [0.1, 0.15) is 6.10 Å². The van der Waals surface area contributed by atoms with Crippen LogP contribution in [0.5, 0.6) is 5.88 Å². The number of aromatic nitrogens is 2. The lowest BCUT2D eigenvalue weighted by Gasteiger charge is -2.38. The minimum atomic E-state index is -0.0530. The Balaban J connectivity index is 1.23. The van der Waals surface area contributed by atoms with Gasteiger partial charge in [-0.3, -0.25) is 5.32 Å². The highest BCUT2D eigenvalue weighted by Crippen LogP contribution is 2.37. The molecule has 3 aromatic rings. The van der Waals surface area contributed by atoms with Crippen LogP contribution in [0.25, 0.3) is 11.3 Å². The maximum atomic E-state index is 13.0. The van der Waals surface area contributed by atoms with Gasteiger partial charge in [-0.15, -0.1) is 11.3 Å². The fourth-order valence-electron chi connectivity index (χ4n) is 4.37. The molecule has 2 aliphatic rings.